The number of aryl methyl sites for hydroxylation is 1. The molecular formula is C16H29IN6O2. The third-order valence-electron chi connectivity index (χ3n) is 3.79. The van der Waals surface area contributed by atoms with E-state index in [-0.39, 0.29) is 36.0 Å². The summed E-state index contributed by atoms with van der Waals surface area (Å²) in [5.41, 5.74) is 0.843. The molecule has 2 rings (SSSR count). The van der Waals surface area contributed by atoms with Crippen LogP contribution in [0.5, 0.6) is 0 Å². The highest BCUT2D eigenvalue weighted by atomic mass is 127. The standard InChI is InChI=1S/C16H28N6O2.HI/c1-13(2)24-9-5-6-18-16(17-3)21-7-8-22(15(23)12-21)14-10-19-20(4)11-14;/h10-11,13H,5-9,12H2,1-4H3,(H,17,18);1H. The summed E-state index contributed by atoms with van der Waals surface area (Å²) < 4.78 is 7.23. The molecule has 8 nitrogen and oxygen atoms in total. The highest BCUT2D eigenvalue weighted by Gasteiger charge is 2.27. The lowest BCUT2D eigenvalue weighted by Gasteiger charge is -2.35. The average molecular weight is 464 g/mol. The Balaban J connectivity index is 0.00000312. The van der Waals surface area contributed by atoms with E-state index >= 15 is 0 Å². The molecule has 1 aromatic heterocycles. The number of anilines is 1. The van der Waals surface area contributed by atoms with Crippen molar-refractivity contribution >= 4 is 41.5 Å². The van der Waals surface area contributed by atoms with Crippen LogP contribution in [0.4, 0.5) is 5.69 Å². The zero-order valence-corrected chi connectivity index (χ0v) is 17.8. The highest BCUT2D eigenvalue weighted by molar-refractivity contribution is 14.0. The molecule has 0 unspecified atom stereocenters. The molecule has 9 heteroatoms. The van der Waals surface area contributed by atoms with Crippen molar-refractivity contribution in [1.29, 1.82) is 0 Å². The number of hydrogen-bond acceptors (Lipinski definition) is 4. The molecule has 0 radical (unpaired) electrons. The number of rotatable bonds is 6. The zero-order valence-electron chi connectivity index (χ0n) is 15.4. The zero-order chi connectivity index (χ0) is 17.5. The molecule has 0 spiro atoms. The number of hydrogen-bond donors (Lipinski definition) is 1. The Bertz CT molecular complexity index is 575. The molecular weight excluding hydrogens is 435 g/mol. The van der Waals surface area contributed by atoms with E-state index in [9.17, 15) is 4.79 Å². The van der Waals surface area contributed by atoms with Crippen molar-refractivity contribution in [2.75, 3.05) is 44.7 Å². The van der Waals surface area contributed by atoms with Gasteiger partial charge in [0.2, 0.25) is 5.91 Å². The van der Waals surface area contributed by atoms with E-state index in [2.05, 4.69) is 15.4 Å². The number of amides is 1. The molecule has 2 heterocycles. The van der Waals surface area contributed by atoms with E-state index in [0.29, 0.717) is 13.1 Å². The van der Waals surface area contributed by atoms with Gasteiger partial charge in [-0.25, -0.2) is 0 Å². The first-order valence-electron chi connectivity index (χ1n) is 8.37. The third-order valence-corrected chi connectivity index (χ3v) is 3.79. The number of halogens is 1. The molecule has 142 valence electrons. The van der Waals surface area contributed by atoms with Crippen LogP contribution in [0.1, 0.15) is 20.3 Å². The van der Waals surface area contributed by atoms with E-state index < -0.39 is 0 Å². The minimum absolute atomic E-state index is 0. The highest BCUT2D eigenvalue weighted by Crippen LogP contribution is 2.15. The second-order valence-corrected chi connectivity index (χ2v) is 6.09. The summed E-state index contributed by atoms with van der Waals surface area (Å²) in [6.07, 6.45) is 4.73. The molecule has 1 aliphatic heterocycles. The quantitative estimate of drug-likeness (QED) is 0.295. The summed E-state index contributed by atoms with van der Waals surface area (Å²) in [6, 6.07) is 0. The van der Waals surface area contributed by atoms with Crippen LogP contribution in [-0.4, -0.2) is 72.5 Å². The van der Waals surface area contributed by atoms with Crippen LogP contribution in [0.15, 0.2) is 17.4 Å². The number of guanidine groups is 1. The molecule has 1 aliphatic rings. The van der Waals surface area contributed by atoms with Crippen molar-refractivity contribution in [3.05, 3.63) is 12.4 Å². The normalized spacial score (nSPS) is 15.6. The van der Waals surface area contributed by atoms with Gasteiger partial charge in [-0.3, -0.25) is 14.5 Å². The SMILES string of the molecule is CN=C(NCCCOC(C)C)N1CCN(c2cnn(C)c2)C(=O)C1.I. The van der Waals surface area contributed by atoms with Crippen LogP contribution < -0.4 is 10.2 Å². The lowest BCUT2D eigenvalue weighted by molar-refractivity contribution is -0.120. The second kappa shape index (κ2) is 10.6. The van der Waals surface area contributed by atoms with Crippen molar-refractivity contribution in [1.82, 2.24) is 20.0 Å². The van der Waals surface area contributed by atoms with Crippen molar-refractivity contribution in [3.63, 3.8) is 0 Å². The van der Waals surface area contributed by atoms with Gasteiger partial charge in [0.25, 0.3) is 0 Å². The van der Waals surface area contributed by atoms with Crippen molar-refractivity contribution in [2.24, 2.45) is 12.0 Å². The fourth-order valence-electron chi connectivity index (χ4n) is 2.60. The Kier molecular flexibility index (Phi) is 9.19. The Labute approximate surface area is 166 Å². The second-order valence-electron chi connectivity index (χ2n) is 6.09. The fraction of sp³-hybridized carbons (Fsp3) is 0.688. The molecule has 25 heavy (non-hydrogen) atoms. The molecule has 1 fully saturated rings. The van der Waals surface area contributed by atoms with Crippen molar-refractivity contribution in [2.45, 2.75) is 26.4 Å². The van der Waals surface area contributed by atoms with E-state index in [1.807, 2.05) is 32.0 Å². The molecule has 0 saturated carbocycles. The summed E-state index contributed by atoms with van der Waals surface area (Å²) in [5.74, 6) is 0.819. The van der Waals surface area contributed by atoms with Crippen molar-refractivity contribution in [3.8, 4) is 0 Å². The molecule has 1 aromatic rings. The molecule has 0 atom stereocenters. The molecule has 0 aromatic carbocycles. The lowest BCUT2D eigenvalue weighted by Crippen LogP contribution is -2.55. The van der Waals surface area contributed by atoms with Gasteiger partial charge >= 0.3 is 0 Å². The number of carbonyl (C=O) groups excluding carboxylic acids is 1. The number of nitrogens with one attached hydrogen (secondary N) is 1. The molecule has 1 saturated heterocycles. The number of aromatic nitrogens is 2. The van der Waals surface area contributed by atoms with Gasteiger partial charge in [0.05, 0.1) is 18.0 Å². The number of nitrogens with zero attached hydrogens (tertiary/aromatic N) is 5. The minimum atomic E-state index is 0. The first-order valence-corrected chi connectivity index (χ1v) is 8.37. The van der Waals surface area contributed by atoms with E-state index in [1.54, 1.807) is 22.8 Å². The lowest BCUT2D eigenvalue weighted by atomic mass is 10.3. The Morgan fingerprint density at radius 3 is 2.76 bits per heavy atom. The van der Waals surface area contributed by atoms with Crippen molar-refractivity contribution < 1.29 is 9.53 Å². The summed E-state index contributed by atoms with van der Waals surface area (Å²) in [7, 11) is 3.59. The van der Waals surface area contributed by atoms with Crippen LogP contribution in [0.2, 0.25) is 0 Å². The number of piperazine rings is 1. The van der Waals surface area contributed by atoms with Gasteiger partial charge in [-0.2, -0.15) is 5.10 Å². The molecule has 0 aliphatic carbocycles. The molecule has 0 bridgehead atoms. The van der Waals surface area contributed by atoms with Gasteiger partial charge < -0.3 is 19.9 Å². The fourth-order valence-corrected chi connectivity index (χ4v) is 2.60. The van der Waals surface area contributed by atoms with Gasteiger partial charge in [-0.1, -0.05) is 0 Å². The van der Waals surface area contributed by atoms with Gasteiger partial charge in [0, 0.05) is 46.5 Å². The number of aliphatic imine (C=N–C) groups is 1. The van der Waals surface area contributed by atoms with Gasteiger partial charge in [-0.15, -0.1) is 24.0 Å². The Morgan fingerprint density at radius 1 is 1.44 bits per heavy atom. The van der Waals surface area contributed by atoms with Gasteiger partial charge in [0.15, 0.2) is 5.96 Å². The predicted octanol–water partition coefficient (Wildman–Crippen LogP) is 1.08. The first kappa shape index (κ1) is 21.7. The first-order chi connectivity index (χ1) is 11.5. The monoisotopic (exact) mass is 464 g/mol. The summed E-state index contributed by atoms with van der Waals surface area (Å²) in [6.45, 7) is 7.23. The maximum absolute atomic E-state index is 12.4. The van der Waals surface area contributed by atoms with Crippen LogP contribution in [0, 0.1) is 0 Å². The Hall–Kier alpha value is -1.36. The van der Waals surface area contributed by atoms with E-state index in [4.69, 9.17) is 4.74 Å². The largest absolute Gasteiger partial charge is 0.379 e. The average Bonchev–Trinajstić information content (AvgIpc) is 2.96. The summed E-state index contributed by atoms with van der Waals surface area (Å²) in [5, 5.41) is 7.43. The third kappa shape index (κ3) is 6.46. The minimum Gasteiger partial charge on any atom is -0.379 e. The Morgan fingerprint density at radius 2 is 2.20 bits per heavy atom. The molecule has 1 amide bonds. The summed E-state index contributed by atoms with van der Waals surface area (Å²) in [4.78, 5) is 20.5. The number of ether oxygens (including phenoxy) is 1. The van der Waals surface area contributed by atoms with E-state index in [1.165, 1.54) is 0 Å². The van der Waals surface area contributed by atoms with Crippen LogP contribution >= 0.6 is 24.0 Å². The van der Waals surface area contributed by atoms with Crippen LogP contribution in [-0.2, 0) is 16.6 Å². The summed E-state index contributed by atoms with van der Waals surface area (Å²) >= 11 is 0. The van der Waals surface area contributed by atoms with Gasteiger partial charge in [-0.05, 0) is 20.3 Å². The number of carbonyl (C=O) groups is 1. The van der Waals surface area contributed by atoms with Gasteiger partial charge in [0.1, 0.15) is 6.54 Å². The maximum Gasteiger partial charge on any atom is 0.246 e. The maximum atomic E-state index is 12.4. The molecule has 1 N–H and O–H groups in total. The smallest absolute Gasteiger partial charge is 0.246 e. The van der Waals surface area contributed by atoms with Crippen LogP contribution in [0.3, 0.4) is 0 Å². The van der Waals surface area contributed by atoms with Crippen LogP contribution in [0.25, 0.3) is 0 Å². The topological polar surface area (TPSA) is 75.0 Å². The predicted molar refractivity (Wildman–Crippen MR) is 110 cm³/mol. The van der Waals surface area contributed by atoms with E-state index in [0.717, 1.165) is 37.8 Å².